The van der Waals surface area contributed by atoms with Crippen molar-refractivity contribution in [3.05, 3.63) is 23.6 Å². The number of carbonyl (C=O) groups is 1. The standard InChI is InChI=1S/C13H18N2O3/c1-4-15-10-7-9(2)18-12(10)8-11(15)13(16)14-5-6-17-3/h7-8H,4-6H2,1-3H3,(H,14,16). The van der Waals surface area contributed by atoms with Crippen LogP contribution in [0.25, 0.3) is 11.1 Å². The smallest absolute Gasteiger partial charge is 0.268 e. The highest BCUT2D eigenvalue weighted by molar-refractivity contribution is 5.97. The van der Waals surface area contributed by atoms with Crippen molar-refractivity contribution in [3.63, 3.8) is 0 Å². The van der Waals surface area contributed by atoms with Crippen LogP contribution in [0, 0.1) is 6.92 Å². The van der Waals surface area contributed by atoms with Gasteiger partial charge in [-0.2, -0.15) is 0 Å². The van der Waals surface area contributed by atoms with Crippen LogP contribution in [0.2, 0.25) is 0 Å². The van der Waals surface area contributed by atoms with Gasteiger partial charge in [0.2, 0.25) is 0 Å². The van der Waals surface area contributed by atoms with Crippen LogP contribution >= 0.6 is 0 Å². The molecule has 2 aromatic heterocycles. The minimum absolute atomic E-state index is 0.0991. The Labute approximate surface area is 106 Å². The molecule has 0 saturated heterocycles. The number of hydrogen-bond acceptors (Lipinski definition) is 3. The lowest BCUT2D eigenvalue weighted by atomic mass is 10.4. The Morgan fingerprint density at radius 3 is 2.94 bits per heavy atom. The SMILES string of the molecule is CCn1c(C(=O)NCCOC)cc2oc(C)cc21. The molecule has 0 fully saturated rings. The molecule has 2 rings (SSSR count). The molecule has 2 heterocycles. The van der Waals surface area contributed by atoms with Crippen molar-refractivity contribution in [1.29, 1.82) is 0 Å². The van der Waals surface area contributed by atoms with Crippen molar-refractivity contribution in [2.45, 2.75) is 20.4 Å². The summed E-state index contributed by atoms with van der Waals surface area (Å²) in [6.07, 6.45) is 0. The summed E-state index contributed by atoms with van der Waals surface area (Å²) in [7, 11) is 1.61. The van der Waals surface area contributed by atoms with Gasteiger partial charge in [0.25, 0.3) is 5.91 Å². The van der Waals surface area contributed by atoms with Gasteiger partial charge in [0.1, 0.15) is 11.5 Å². The van der Waals surface area contributed by atoms with E-state index in [1.807, 2.05) is 24.5 Å². The lowest BCUT2D eigenvalue weighted by Crippen LogP contribution is -2.28. The number of nitrogens with one attached hydrogen (secondary N) is 1. The minimum atomic E-state index is -0.0991. The molecule has 0 radical (unpaired) electrons. The number of ether oxygens (including phenoxy) is 1. The van der Waals surface area contributed by atoms with Gasteiger partial charge in [0.05, 0.1) is 12.1 Å². The molecule has 2 aromatic rings. The van der Waals surface area contributed by atoms with E-state index >= 15 is 0 Å². The summed E-state index contributed by atoms with van der Waals surface area (Å²) >= 11 is 0. The number of amides is 1. The Bertz CT molecular complexity index is 554. The number of furan rings is 1. The summed E-state index contributed by atoms with van der Waals surface area (Å²) in [6, 6.07) is 3.73. The third-order valence-corrected chi connectivity index (χ3v) is 2.85. The number of fused-ring (bicyclic) bond motifs is 1. The van der Waals surface area contributed by atoms with Crippen LogP contribution < -0.4 is 5.32 Å². The van der Waals surface area contributed by atoms with Gasteiger partial charge in [-0.3, -0.25) is 4.79 Å². The van der Waals surface area contributed by atoms with Crippen LogP contribution in [0.1, 0.15) is 23.2 Å². The second-order valence-electron chi connectivity index (χ2n) is 4.13. The Kier molecular flexibility index (Phi) is 3.72. The predicted octanol–water partition coefficient (Wildman–Crippen LogP) is 1.94. The second kappa shape index (κ2) is 5.27. The first kappa shape index (κ1) is 12.7. The molecule has 1 amide bonds. The van der Waals surface area contributed by atoms with Gasteiger partial charge < -0.3 is 19.0 Å². The quantitative estimate of drug-likeness (QED) is 0.825. The molecule has 0 atom stereocenters. The topological polar surface area (TPSA) is 56.4 Å². The van der Waals surface area contributed by atoms with E-state index in [0.717, 1.165) is 23.4 Å². The number of nitrogens with zero attached hydrogens (tertiary/aromatic N) is 1. The van der Waals surface area contributed by atoms with Gasteiger partial charge in [-0.25, -0.2) is 0 Å². The molecule has 0 unspecified atom stereocenters. The zero-order valence-electron chi connectivity index (χ0n) is 10.9. The highest BCUT2D eigenvalue weighted by atomic mass is 16.5. The molecule has 5 nitrogen and oxygen atoms in total. The van der Waals surface area contributed by atoms with Gasteiger partial charge in [0, 0.05) is 32.3 Å². The molecular formula is C13H18N2O3. The summed E-state index contributed by atoms with van der Waals surface area (Å²) in [5, 5.41) is 2.81. The van der Waals surface area contributed by atoms with E-state index in [1.165, 1.54) is 0 Å². The van der Waals surface area contributed by atoms with Gasteiger partial charge in [-0.15, -0.1) is 0 Å². The molecule has 0 aliphatic rings. The predicted molar refractivity (Wildman–Crippen MR) is 68.8 cm³/mol. The monoisotopic (exact) mass is 250 g/mol. The summed E-state index contributed by atoms with van der Waals surface area (Å²) in [4.78, 5) is 12.0. The highest BCUT2D eigenvalue weighted by Gasteiger charge is 2.16. The molecule has 0 aromatic carbocycles. The maximum Gasteiger partial charge on any atom is 0.268 e. The van der Waals surface area contributed by atoms with Crippen molar-refractivity contribution in [2.24, 2.45) is 0 Å². The van der Waals surface area contributed by atoms with E-state index in [9.17, 15) is 4.79 Å². The molecule has 98 valence electrons. The van der Waals surface area contributed by atoms with Gasteiger partial charge in [-0.1, -0.05) is 0 Å². The minimum Gasteiger partial charge on any atom is -0.460 e. The van der Waals surface area contributed by atoms with Gasteiger partial charge >= 0.3 is 0 Å². The average molecular weight is 250 g/mol. The molecule has 0 aliphatic carbocycles. The Hall–Kier alpha value is -1.75. The van der Waals surface area contributed by atoms with E-state index in [2.05, 4.69) is 5.32 Å². The van der Waals surface area contributed by atoms with Gasteiger partial charge in [0.15, 0.2) is 5.58 Å². The number of carbonyl (C=O) groups excluding carboxylic acids is 1. The highest BCUT2D eigenvalue weighted by Crippen LogP contribution is 2.23. The maximum atomic E-state index is 12.0. The average Bonchev–Trinajstić information content (AvgIpc) is 2.84. The summed E-state index contributed by atoms with van der Waals surface area (Å²) in [6.45, 7) is 5.65. The summed E-state index contributed by atoms with van der Waals surface area (Å²) in [5.41, 5.74) is 2.35. The van der Waals surface area contributed by atoms with Crippen LogP contribution in [0.3, 0.4) is 0 Å². The van der Waals surface area contributed by atoms with E-state index in [0.29, 0.717) is 18.8 Å². The zero-order chi connectivity index (χ0) is 13.1. The molecule has 0 bridgehead atoms. The first-order chi connectivity index (χ1) is 8.67. The van der Waals surface area contributed by atoms with Crippen molar-refractivity contribution < 1.29 is 13.9 Å². The zero-order valence-corrected chi connectivity index (χ0v) is 10.9. The van der Waals surface area contributed by atoms with Crippen LogP contribution in [0.5, 0.6) is 0 Å². The van der Waals surface area contributed by atoms with E-state index in [-0.39, 0.29) is 5.91 Å². The van der Waals surface area contributed by atoms with Crippen LogP contribution in [0.4, 0.5) is 0 Å². The third-order valence-electron chi connectivity index (χ3n) is 2.85. The van der Waals surface area contributed by atoms with Crippen molar-refractivity contribution in [2.75, 3.05) is 20.3 Å². The largest absolute Gasteiger partial charge is 0.460 e. The first-order valence-corrected chi connectivity index (χ1v) is 6.04. The third kappa shape index (κ3) is 2.26. The maximum absolute atomic E-state index is 12.0. The number of methoxy groups -OCH3 is 1. The number of aromatic nitrogens is 1. The van der Waals surface area contributed by atoms with E-state index in [1.54, 1.807) is 13.2 Å². The molecule has 0 saturated carbocycles. The summed E-state index contributed by atoms with van der Waals surface area (Å²) < 4.78 is 12.4. The van der Waals surface area contributed by atoms with Crippen LogP contribution in [-0.4, -0.2) is 30.7 Å². The van der Waals surface area contributed by atoms with Crippen LogP contribution in [-0.2, 0) is 11.3 Å². The molecule has 0 spiro atoms. The fraction of sp³-hybridized carbons (Fsp3) is 0.462. The van der Waals surface area contributed by atoms with Crippen molar-refractivity contribution in [1.82, 2.24) is 9.88 Å². The fourth-order valence-electron chi connectivity index (χ4n) is 2.05. The molecule has 18 heavy (non-hydrogen) atoms. The van der Waals surface area contributed by atoms with Crippen LogP contribution in [0.15, 0.2) is 16.5 Å². The van der Waals surface area contributed by atoms with E-state index < -0.39 is 0 Å². The lowest BCUT2D eigenvalue weighted by molar-refractivity contribution is 0.0928. The molecular weight excluding hydrogens is 232 g/mol. The number of hydrogen-bond donors (Lipinski definition) is 1. The van der Waals surface area contributed by atoms with Crippen molar-refractivity contribution >= 4 is 17.0 Å². The number of rotatable bonds is 5. The summed E-state index contributed by atoms with van der Waals surface area (Å²) in [5.74, 6) is 0.756. The molecule has 1 N–H and O–H groups in total. The lowest BCUT2D eigenvalue weighted by Gasteiger charge is -2.07. The first-order valence-electron chi connectivity index (χ1n) is 6.04. The second-order valence-corrected chi connectivity index (χ2v) is 4.13. The Morgan fingerprint density at radius 2 is 2.28 bits per heavy atom. The van der Waals surface area contributed by atoms with Crippen molar-refractivity contribution in [3.8, 4) is 0 Å². The van der Waals surface area contributed by atoms with Gasteiger partial charge in [-0.05, 0) is 13.8 Å². The Morgan fingerprint density at radius 1 is 1.50 bits per heavy atom. The van der Waals surface area contributed by atoms with E-state index in [4.69, 9.17) is 9.15 Å². The molecule has 0 aliphatic heterocycles. The Balaban J connectivity index is 2.26. The number of aryl methyl sites for hydroxylation is 2. The molecule has 5 heteroatoms. The normalized spacial score (nSPS) is 11.1. The fourth-order valence-corrected chi connectivity index (χ4v) is 2.05.